The van der Waals surface area contributed by atoms with Crippen LogP contribution in [0.3, 0.4) is 0 Å². The van der Waals surface area contributed by atoms with Crippen LogP contribution in [0.4, 0.5) is 0 Å². The van der Waals surface area contributed by atoms with E-state index >= 15 is 0 Å². The van der Waals surface area contributed by atoms with Crippen LogP contribution in [0.5, 0.6) is 0 Å². The van der Waals surface area contributed by atoms with Crippen LogP contribution in [-0.2, 0) is 38.2 Å². The number of piperidine rings is 2. The number of amides is 6. The largest absolute Gasteiger partial charge is 0.351 e. The van der Waals surface area contributed by atoms with Crippen LogP contribution in [-0.4, -0.2) is 157 Å². The Balaban J connectivity index is 0.900. The van der Waals surface area contributed by atoms with E-state index in [4.69, 9.17) is 9.47 Å². The van der Waals surface area contributed by atoms with Crippen LogP contribution in [0.15, 0.2) is 60.7 Å². The zero-order valence-corrected chi connectivity index (χ0v) is 40.1. The topological polar surface area (TPSA) is 182 Å². The molecule has 6 aliphatic heterocycles. The molecular weight excluding hydrogens is 865 g/mol. The number of hydrogen-bond donors (Lipinski definition) is 4. The van der Waals surface area contributed by atoms with Crippen LogP contribution < -0.4 is 21.3 Å². The van der Waals surface area contributed by atoms with Gasteiger partial charge in [0.1, 0.15) is 25.3 Å². The molecule has 0 aliphatic carbocycles. The molecule has 0 saturated carbocycles. The zero-order chi connectivity index (χ0) is 47.9. The number of likely N-dealkylation sites (N-methyl/N-ethyl adjacent to an activating group) is 2. The first-order valence-electron chi connectivity index (χ1n) is 24.9. The summed E-state index contributed by atoms with van der Waals surface area (Å²) in [7, 11) is 3.44. The lowest BCUT2D eigenvalue weighted by Crippen LogP contribution is -2.58. The average molecular weight is 935 g/mol. The zero-order valence-electron chi connectivity index (χ0n) is 40.1. The Morgan fingerprint density at radius 1 is 0.603 bits per heavy atom. The van der Waals surface area contributed by atoms with Gasteiger partial charge in [0.05, 0.1) is 24.2 Å². The molecule has 68 heavy (non-hydrogen) atoms. The fourth-order valence-electron chi connectivity index (χ4n) is 11.6. The van der Waals surface area contributed by atoms with Crippen molar-refractivity contribution in [3.8, 4) is 11.8 Å². The van der Waals surface area contributed by atoms with E-state index in [1.807, 2.05) is 80.3 Å². The highest BCUT2D eigenvalue weighted by Crippen LogP contribution is 2.42. The van der Waals surface area contributed by atoms with Gasteiger partial charge in [0.2, 0.25) is 23.6 Å². The minimum Gasteiger partial charge on any atom is -0.351 e. The molecule has 4 N–H and O–H groups in total. The molecule has 366 valence electrons. The third-order valence-electron chi connectivity index (χ3n) is 15.6. The maximum atomic E-state index is 14.5. The average Bonchev–Trinajstić information content (AvgIpc) is 3.82. The molecule has 16 heteroatoms. The van der Waals surface area contributed by atoms with E-state index in [1.165, 1.54) is 0 Å². The Labute approximate surface area is 400 Å². The Hall–Kier alpha value is -5.34. The van der Waals surface area contributed by atoms with Crippen LogP contribution in [0.2, 0.25) is 0 Å². The van der Waals surface area contributed by atoms with Gasteiger partial charge in [0.15, 0.2) is 12.2 Å². The van der Waals surface area contributed by atoms with Crippen LogP contribution >= 0.6 is 0 Å². The summed E-state index contributed by atoms with van der Waals surface area (Å²) in [5, 5.41) is 11.9. The lowest BCUT2D eigenvalue weighted by molar-refractivity contribution is -0.149. The second kappa shape index (κ2) is 22.4. The molecule has 0 aromatic heterocycles. The summed E-state index contributed by atoms with van der Waals surface area (Å²) >= 11 is 0. The normalized spacial score (nSPS) is 28.5. The third-order valence-corrected chi connectivity index (χ3v) is 15.6. The van der Waals surface area contributed by atoms with Crippen LogP contribution in [0.1, 0.15) is 101 Å². The molecule has 2 aromatic carbocycles. The highest BCUT2D eigenvalue weighted by atomic mass is 16.5. The van der Waals surface area contributed by atoms with E-state index in [2.05, 4.69) is 33.1 Å². The number of ether oxygens (including phenoxy) is 2. The van der Waals surface area contributed by atoms with Gasteiger partial charge in [0.25, 0.3) is 11.8 Å². The Bertz CT molecular complexity index is 2040. The van der Waals surface area contributed by atoms with Gasteiger partial charge in [-0.3, -0.25) is 28.8 Å². The van der Waals surface area contributed by atoms with Crippen molar-refractivity contribution in [2.75, 3.05) is 53.5 Å². The highest BCUT2D eigenvalue weighted by molar-refractivity contribution is 5.91. The van der Waals surface area contributed by atoms with Crippen molar-refractivity contribution in [3.05, 3.63) is 71.8 Å². The van der Waals surface area contributed by atoms with E-state index in [0.29, 0.717) is 50.1 Å². The Morgan fingerprint density at radius 2 is 1.00 bits per heavy atom. The minimum absolute atomic E-state index is 0.0621. The molecule has 6 saturated heterocycles. The maximum Gasteiger partial charge on any atom is 0.256 e. The van der Waals surface area contributed by atoms with E-state index in [-0.39, 0.29) is 84.7 Å². The highest BCUT2D eigenvalue weighted by Gasteiger charge is 2.51. The molecule has 6 heterocycles. The van der Waals surface area contributed by atoms with E-state index in [1.54, 1.807) is 27.9 Å². The van der Waals surface area contributed by atoms with Crippen LogP contribution in [0.25, 0.3) is 0 Å². The number of nitrogens with one attached hydrogen (secondary N) is 4. The number of hydrogen-bond acceptors (Lipinski definition) is 10. The molecule has 0 bridgehead atoms. The molecule has 6 fully saturated rings. The number of rotatable bonds is 14. The van der Waals surface area contributed by atoms with Gasteiger partial charge in [-0.15, -0.1) is 0 Å². The number of benzene rings is 2. The summed E-state index contributed by atoms with van der Waals surface area (Å²) in [4.78, 5) is 90.3. The summed E-state index contributed by atoms with van der Waals surface area (Å²) in [6, 6.07) is 16.6. The lowest BCUT2D eigenvalue weighted by atomic mass is 9.89. The van der Waals surface area contributed by atoms with Crippen molar-refractivity contribution in [2.45, 2.75) is 139 Å². The van der Waals surface area contributed by atoms with Gasteiger partial charge < -0.3 is 50.3 Å². The number of fused-ring (bicyclic) bond motifs is 6. The van der Waals surface area contributed by atoms with E-state index < -0.39 is 36.4 Å². The molecule has 16 nitrogen and oxygen atoms in total. The summed E-state index contributed by atoms with van der Waals surface area (Å²) in [6.07, 6.45) is 6.13. The summed E-state index contributed by atoms with van der Waals surface area (Å²) < 4.78 is 12.6. The predicted molar refractivity (Wildman–Crippen MR) is 254 cm³/mol. The third kappa shape index (κ3) is 10.8. The van der Waals surface area contributed by atoms with Crippen molar-refractivity contribution in [1.29, 1.82) is 0 Å². The van der Waals surface area contributed by atoms with Crippen molar-refractivity contribution in [3.63, 3.8) is 0 Å². The Kier molecular flexibility index (Phi) is 16.2. The Morgan fingerprint density at radius 3 is 1.38 bits per heavy atom. The van der Waals surface area contributed by atoms with Crippen molar-refractivity contribution in [1.82, 2.24) is 40.9 Å². The number of carbonyl (C=O) groups is 6. The second-order valence-corrected chi connectivity index (χ2v) is 19.6. The first-order chi connectivity index (χ1) is 33.0. The van der Waals surface area contributed by atoms with Gasteiger partial charge in [-0.25, -0.2) is 0 Å². The predicted octanol–water partition coefficient (Wildman–Crippen LogP) is 2.69. The van der Waals surface area contributed by atoms with Gasteiger partial charge >= 0.3 is 0 Å². The molecule has 0 radical (unpaired) electrons. The van der Waals surface area contributed by atoms with Crippen molar-refractivity contribution >= 4 is 35.4 Å². The second-order valence-electron chi connectivity index (χ2n) is 19.6. The summed E-state index contributed by atoms with van der Waals surface area (Å²) in [6.45, 7) is 5.31. The van der Waals surface area contributed by atoms with E-state index in [9.17, 15) is 28.8 Å². The lowest BCUT2D eigenvalue weighted by Gasteiger charge is -2.41. The quantitative estimate of drug-likeness (QED) is 0.206. The van der Waals surface area contributed by atoms with Gasteiger partial charge in [-0.1, -0.05) is 72.5 Å². The van der Waals surface area contributed by atoms with Gasteiger partial charge in [-0.05, 0) is 115 Å². The SMILES string of the molecule is CN[C@@H](C)C(=O)N[C@H]1CCC[C@H]2CC3CCN(C(=O)C(OCC#CCOC(C(=O)N4CC[C@@H]5C[C@@H]6CCC[C@H](NC(=O)[C@H](C)NC)C(=O)N6[C@@H]5C4)c4ccccc4)c4ccccc4)CC3N2C1=O. The molecule has 6 amide bonds. The molecule has 4 unspecified atom stereocenters. The summed E-state index contributed by atoms with van der Waals surface area (Å²) in [5.41, 5.74) is 1.40. The van der Waals surface area contributed by atoms with Crippen molar-refractivity contribution in [2.24, 2.45) is 11.8 Å². The smallest absolute Gasteiger partial charge is 0.256 e. The van der Waals surface area contributed by atoms with E-state index in [0.717, 1.165) is 51.4 Å². The molecule has 6 aliphatic rings. The van der Waals surface area contributed by atoms with Crippen LogP contribution in [0, 0.1) is 23.7 Å². The number of nitrogens with zero attached hydrogens (tertiary/aromatic N) is 4. The first-order valence-corrected chi connectivity index (χ1v) is 24.9. The molecular formula is C52H70N8O8. The first kappa shape index (κ1) is 49.1. The van der Waals surface area contributed by atoms with Gasteiger partial charge in [0, 0.05) is 38.3 Å². The fourth-order valence-corrected chi connectivity index (χ4v) is 11.6. The molecule has 8 rings (SSSR count). The molecule has 12 atom stereocenters. The minimum atomic E-state index is -0.925. The fraction of sp³-hybridized carbons (Fsp3) is 0.615. The standard InChI is InChI=1S/C52H70N8O8/c1-33(53-3)47(61)55-41-21-13-19-39-29-37-23-25-57(31-43(37)59(39)49(41)63)51(65)45(35-15-7-5-8-16-35)67-27-11-12-28-68-46(36-17-9-6-10-18-36)52(66)58-26-24-38-30-40-20-14-22-42(56-48(62)34(2)54-4)50(64)60(40)44(38)32-58/h5-10,15-18,33-34,37-46,53-54H,13-14,19-32H2,1-4H3,(H,55,61)(H,56,62)/t33-,34-,37+,38?,39-,40-,41-,42-,43+,44?,45?,46?/m0/s1. The van der Waals surface area contributed by atoms with Gasteiger partial charge in [-0.2, -0.15) is 0 Å². The molecule has 2 aromatic rings. The monoisotopic (exact) mass is 935 g/mol. The maximum absolute atomic E-state index is 14.5. The number of likely N-dealkylation sites (tertiary alicyclic amines) is 2. The van der Waals surface area contributed by atoms with Crippen molar-refractivity contribution < 1.29 is 38.2 Å². The number of carbonyl (C=O) groups excluding carboxylic acids is 6. The summed E-state index contributed by atoms with van der Waals surface area (Å²) in [5.74, 6) is 5.69. The molecule has 0 spiro atoms.